The van der Waals surface area contributed by atoms with Gasteiger partial charge in [-0.05, 0) is 68.3 Å². The van der Waals surface area contributed by atoms with Crippen molar-refractivity contribution < 1.29 is 23.5 Å². The minimum absolute atomic E-state index is 0.270. The molecule has 0 aliphatic carbocycles. The van der Waals surface area contributed by atoms with Crippen molar-refractivity contribution in [3.8, 4) is 11.4 Å². The molecule has 0 atom stereocenters. The largest absolute Gasteiger partial charge is 0.482 e. The molecular formula is C24H24FNO4. The van der Waals surface area contributed by atoms with E-state index in [9.17, 15) is 14.0 Å². The van der Waals surface area contributed by atoms with Gasteiger partial charge < -0.3 is 14.0 Å². The zero-order valence-corrected chi connectivity index (χ0v) is 17.3. The highest BCUT2D eigenvalue weighted by atomic mass is 19.1. The summed E-state index contributed by atoms with van der Waals surface area (Å²) in [6, 6.07) is 15.2. The topological polar surface area (TPSA) is 57.5 Å². The molecule has 0 spiro atoms. The number of esters is 1. The number of aryl methyl sites for hydroxylation is 2. The molecule has 30 heavy (non-hydrogen) atoms. The Morgan fingerprint density at radius 3 is 2.27 bits per heavy atom. The van der Waals surface area contributed by atoms with E-state index in [-0.39, 0.29) is 24.8 Å². The number of hydrogen-bond donors (Lipinski definition) is 0. The molecule has 1 aromatic heterocycles. The van der Waals surface area contributed by atoms with Crippen molar-refractivity contribution in [2.75, 3.05) is 13.2 Å². The summed E-state index contributed by atoms with van der Waals surface area (Å²) in [5.74, 6) is -0.682. The van der Waals surface area contributed by atoms with Gasteiger partial charge in [0.25, 0.3) is 0 Å². The van der Waals surface area contributed by atoms with Crippen LogP contribution in [0.3, 0.4) is 0 Å². The molecule has 0 N–H and O–H groups in total. The summed E-state index contributed by atoms with van der Waals surface area (Å²) in [6.07, 6.45) is 0.923. The van der Waals surface area contributed by atoms with Gasteiger partial charge in [0.05, 0.1) is 0 Å². The summed E-state index contributed by atoms with van der Waals surface area (Å²) in [7, 11) is 0. The number of halogens is 1. The molecule has 0 aliphatic rings. The first-order valence-electron chi connectivity index (χ1n) is 9.74. The molecule has 1 heterocycles. The van der Waals surface area contributed by atoms with Crippen LogP contribution in [0.25, 0.3) is 5.69 Å². The van der Waals surface area contributed by atoms with E-state index in [1.54, 1.807) is 37.3 Å². The van der Waals surface area contributed by atoms with Gasteiger partial charge in [-0.2, -0.15) is 0 Å². The van der Waals surface area contributed by atoms with E-state index in [4.69, 9.17) is 9.47 Å². The number of rotatable bonds is 8. The van der Waals surface area contributed by atoms with E-state index in [2.05, 4.69) is 6.92 Å². The van der Waals surface area contributed by atoms with E-state index >= 15 is 0 Å². The lowest BCUT2D eigenvalue weighted by atomic mass is 10.1. The molecule has 3 aromatic rings. The van der Waals surface area contributed by atoms with E-state index in [0.29, 0.717) is 17.0 Å². The molecule has 156 valence electrons. The van der Waals surface area contributed by atoms with Crippen molar-refractivity contribution in [3.05, 3.63) is 82.9 Å². The second kappa shape index (κ2) is 9.39. The third-order valence-electron chi connectivity index (χ3n) is 4.87. The van der Waals surface area contributed by atoms with Crippen LogP contribution in [0.4, 0.5) is 4.39 Å². The van der Waals surface area contributed by atoms with Crippen molar-refractivity contribution in [1.29, 1.82) is 0 Å². The third kappa shape index (κ3) is 4.95. The van der Waals surface area contributed by atoms with Crippen LogP contribution in [0.2, 0.25) is 0 Å². The smallest absolute Gasteiger partial charge is 0.344 e. The van der Waals surface area contributed by atoms with Crippen LogP contribution in [-0.2, 0) is 16.0 Å². The number of carbonyl (C=O) groups is 2. The first-order chi connectivity index (χ1) is 14.4. The number of aromatic nitrogens is 1. The second-order valence-corrected chi connectivity index (χ2v) is 6.97. The van der Waals surface area contributed by atoms with E-state index in [0.717, 1.165) is 17.8 Å². The van der Waals surface area contributed by atoms with Gasteiger partial charge in [-0.25, -0.2) is 9.18 Å². The molecule has 0 amide bonds. The molecule has 0 saturated heterocycles. The molecular weight excluding hydrogens is 385 g/mol. The fourth-order valence-electron chi connectivity index (χ4n) is 3.26. The highest BCUT2D eigenvalue weighted by Crippen LogP contribution is 2.21. The monoisotopic (exact) mass is 409 g/mol. The normalized spacial score (nSPS) is 10.7. The Balaban J connectivity index is 1.58. The first-order valence-corrected chi connectivity index (χ1v) is 9.74. The van der Waals surface area contributed by atoms with E-state index in [1.807, 2.05) is 23.6 Å². The third-order valence-corrected chi connectivity index (χ3v) is 4.87. The molecule has 0 radical (unpaired) electrons. The van der Waals surface area contributed by atoms with Crippen LogP contribution >= 0.6 is 0 Å². The summed E-state index contributed by atoms with van der Waals surface area (Å²) in [5.41, 5.74) is 3.92. The van der Waals surface area contributed by atoms with Crippen LogP contribution in [0.15, 0.2) is 54.6 Å². The van der Waals surface area contributed by atoms with Crippen molar-refractivity contribution in [3.63, 3.8) is 0 Å². The maximum absolute atomic E-state index is 13.2. The SMILES string of the molecule is CCc1ccc(OCC(=O)OCC(=O)c2cc(C)n(-c3ccc(F)cc3)c2C)cc1. The maximum Gasteiger partial charge on any atom is 0.344 e. The summed E-state index contributed by atoms with van der Waals surface area (Å²) in [6.45, 7) is 5.07. The Bertz CT molecular complexity index is 1040. The molecule has 6 heteroatoms. The van der Waals surface area contributed by atoms with E-state index in [1.165, 1.54) is 17.7 Å². The lowest BCUT2D eigenvalue weighted by molar-refractivity contribution is -0.144. The number of carbonyl (C=O) groups excluding carboxylic acids is 2. The van der Waals surface area contributed by atoms with Crippen molar-refractivity contribution in [2.45, 2.75) is 27.2 Å². The Kier molecular flexibility index (Phi) is 6.67. The number of ether oxygens (including phenoxy) is 2. The Morgan fingerprint density at radius 2 is 1.63 bits per heavy atom. The van der Waals surface area contributed by atoms with Crippen LogP contribution in [0, 0.1) is 19.7 Å². The summed E-state index contributed by atoms with van der Waals surface area (Å²) < 4.78 is 25.5. The Labute approximate surface area is 175 Å². The number of nitrogens with zero attached hydrogens (tertiary/aromatic N) is 1. The second-order valence-electron chi connectivity index (χ2n) is 6.97. The zero-order valence-electron chi connectivity index (χ0n) is 17.3. The van der Waals surface area contributed by atoms with Gasteiger partial charge in [-0.3, -0.25) is 4.79 Å². The van der Waals surface area contributed by atoms with Gasteiger partial charge in [0.2, 0.25) is 5.78 Å². The van der Waals surface area contributed by atoms with Crippen LogP contribution in [-0.4, -0.2) is 29.5 Å². The lowest BCUT2D eigenvalue weighted by Crippen LogP contribution is -2.19. The molecule has 2 aromatic carbocycles. The minimum Gasteiger partial charge on any atom is -0.482 e. The van der Waals surface area contributed by atoms with Gasteiger partial charge in [-0.15, -0.1) is 0 Å². The Morgan fingerprint density at radius 1 is 0.967 bits per heavy atom. The molecule has 0 bridgehead atoms. The van der Waals surface area contributed by atoms with E-state index < -0.39 is 5.97 Å². The molecule has 0 saturated carbocycles. The predicted molar refractivity (Wildman–Crippen MR) is 112 cm³/mol. The molecule has 0 aliphatic heterocycles. The molecule has 0 fully saturated rings. The summed E-state index contributed by atoms with van der Waals surface area (Å²) in [5, 5.41) is 0. The zero-order chi connectivity index (χ0) is 21.7. The van der Waals surface area contributed by atoms with Gasteiger partial charge in [0.1, 0.15) is 11.6 Å². The van der Waals surface area contributed by atoms with Gasteiger partial charge in [0, 0.05) is 22.6 Å². The quantitative estimate of drug-likeness (QED) is 0.403. The fraction of sp³-hybridized carbons (Fsp3) is 0.250. The minimum atomic E-state index is -0.615. The number of benzene rings is 2. The van der Waals surface area contributed by atoms with Crippen molar-refractivity contribution in [1.82, 2.24) is 4.57 Å². The summed E-state index contributed by atoms with van der Waals surface area (Å²) in [4.78, 5) is 24.5. The molecule has 5 nitrogen and oxygen atoms in total. The van der Waals surface area contributed by atoms with Crippen molar-refractivity contribution in [2.24, 2.45) is 0 Å². The van der Waals surface area contributed by atoms with Crippen molar-refractivity contribution >= 4 is 11.8 Å². The molecule has 0 unspecified atom stereocenters. The molecule has 3 rings (SSSR count). The highest BCUT2D eigenvalue weighted by molar-refractivity contribution is 5.99. The standard InChI is InChI=1S/C24H24FNO4/c1-4-18-5-11-21(12-6-18)29-15-24(28)30-14-23(27)22-13-16(2)26(17(22)3)20-9-7-19(25)8-10-20/h5-13H,4,14-15H2,1-3H3. The van der Waals surface area contributed by atoms with Crippen LogP contribution < -0.4 is 4.74 Å². The van der Waals surface area contributed by atoms with Crippen LogP contribution in [0.1, 0.15) is 34.2 Å². The first kappa shape index (κ1) is 21.3. The number of Topliss-reactive ketones (excluding diaryl/α,β-unsaturated/α-hetero) is 1. The van der Waals surface area contributed by atoms with Gasteiger partial charge in [-0.1, -0.05) is 19.1 Å². The Hall–Kier alpha value is -3.41. The van der Waals surface area contributed by atoms with Gasteiger partial charge in [0.15, 0.2) is 13.2 Å². The average molecular weight is 409 g/mol. The van der Waals surface area contributed by atoms with Gasteiger partial charge >= 0.3 is 5.97 Å². The maximum atomic E-state index is 13.2. The number of hydrogen-bond acceptors (Lipinski definition) is 4. The fourth-order valence-corrected chi connectivity index (χ4v) is 3.26. The predicted octanol–water partition coefficient (Wildman–Crippen LogP) is 4.60. The lowest BCUT2D eigenvalue weighted by Gasteiger charge is -2.10. The number of ketones is 1. The average Bonchev–Trinajstić information content (AvgIpc) is 3.05. The summed E-state index contributed by atoms with van der Waals surface area (Å²) >= 11 is 0. The highest BCUT2D eigenvalue weighted by Gasteiger charge is 2.18. The van der Waals surface area contributed by atoms with Crippen LogP contribution in [0.5, 0.6) is 5.75 Å².